The SMILES string of the molecule is Cc1ccc(N(C)C(=O)NCC[C@H](O)C(=O)O)cc1. The van der Waals surface area contributed by atoms with Gasteiger partial charge in [-0.15, -0.1) is 0 Å². The third-order valence-electron chi connectivity index (χ3n) is 2.70. The maximum atomic E-state index is 11.8. The summed E-state index contributed by atoms with van der Waals surface area (Å²) in [7, 11) is 1.62. The van der Waals surface area contributed by atoms with Crippen LogP contribution < -0.4 is 10.2 Å². The lowest BCUT2D eigenvalue weighted by atomic mass is 10.2. The van der Waals surface area contributed by atoms with Gasteiger partial charge in [0.15, 0.2) is 6.10 Å². The fraction of sp³-hybridized carbons (Fsp3) is 0.385. The number of hydrogen-bond acceptors (Lipinski definition) is 3. The van der Waals surface area contributed by atoms with Gasteiger partial charge in [0.2, 0.25) is 0 Å². The molecule has 0 aliphatic rings. The number of nitrogens with zero attached hydrogens (tertiary/aromatic N) is 1. The molecule has 1 rings (SSSR count). The lowest BCUT2D eigenvalue weighted by Crippen LogP contribution is -2.39. The predicted molar refractivity (Wildman–Crippen MR) is 71.2 cm³/mol. The first kappa shape index (κ1) is 15.0. The number of amides is 2. The first-order valence-electron chi connectivity index (χ1n) is 5.91. The van der Waals surface area contributed by atoms with Gasteiger partial charge < -0.3 is 15.5 Å². The Labute approximate surface area is 111 Å². The summed E-state index contributed by atoms with van der Waals surface area (Å²) in [5, 5.41) is 20.1. The molecule has 0 fully saturated rings. The van der Waals surface area contributed by atoms with Crippen molar-refractivity contribution in [3.05, 3.63) is 29.8 Å². The third kappa shape index (κ3) is 4.59. The van der Waals surface area contributed by atoms with Gasteiger partial charge in [-0.05, 0) is 19.1 Å². The number of rotatable bonds is 5. The first-order chi connectivity index (χ1) is 8.91. The number of aliphatic carboxylic acids is 1. The summed E-state index contributed by atoms with van der Waals surface area (Å²) in [5.41, 5.74) is 1.84. The number of carbonyl (C=O) groups excluding carboxylic acids is 1. The number of carbonyl (C=O) groups is 2. The average molecular weight is 266 g/mol. The maximum absolute atomic E-state index is 11.8. The van der Waals surface area contributed by atoms with Gasteiger partial charge in [0.05, 0.1) is 0 Å². The summed E-state index contributed by atoms with van der Waals surface area (Å²) in [4.78, 5) is 23.6. The second kappa shape index (κ2) is 6.75. The first-order valence-corrected chi connectivity index (χ1v) is 5.91. The average Bonchev–Trinajstić information content (AvgIpc) is 2.38. The minimum Gasteiger partial charge on any atom is -0.479 e. The van der Waals surface area contributed by atoms with Crippen molar-refractivity contribution in [1.29, 1.82) is 0 Å². The Kier molecular flexibility index (Phi) is 5.32. The minimum absolute atomic E-state index is 0.0250. The molecule has 0 spiro atoms. The van der Waals surface area contributed by atoms with Crippen LogP contribution in [-0.4, -0.2) is 41.9 Å². The number of carboxylic acids is 1. The van der Waals surface area contributed by atoms with Crippen molar-refractivity contribution in [1.82, 2.24) is 5.32 Å². The van der Waals surface area contributed by atoms with Crippen molar-refractivity contribution in [2.24, 2.45) is 0 Å². The van der Waals surface area contributed by atoms with Crippen LogP contribution in [0.15, 0.2) is 24.3 Å². The quantitative estimate of drug-likeness (QED) is 0.741. The van der Waals surface area contributed by atoms with Crippen LogP contribution in [0.2, 0.25) is 0 Å². The highest BCUT2D eigenvalue weighted by atomic mass is 16.4. The number of carboxylic acid groups (broad SMARTS) is 1. The number of anilines is 1. The van der Waals surface area contributed by atoms with E-state index in [4.69, 9.17) is 10.2 Å². The molecule has 1 atom stereocenters. The summed E-state index contributed by atoms with van der Waals surface area (Å²) in [6.45, 7) is 2.06. The lowest BCUT2D eigenvalue weighted by Gasteiger charge is -2.18. The third-order valence-corrected chi connectivity index (χ3v) is 2.70. The number of aliphatic hydroxyl groups excluding tert-OH is 1. The van der Waals surface area contributed by atoms with E-state index in [0.29, 0.717) is 0 Å². The molecule has 0 aromatic heterocycles. The molecule has 0 saturated carbocycles. The number of aliphatic hydroxyl groups is 1. The van der Waals surface area contributed by atoms with Crippen LogP contribution in [0.1, 0.15) is 12.0 Å². The van der Waals surface area contributed by atoms with E-state index < -0.39 is 12.1 Å². The molecule has 0 unspecified atom stereocenters. The second-order valence-corrected chi connectivity index (χ2v) is 4.27. The number of nitrogens with one attached hydrogen (secondary N) is 1. The van der Waals surface area contributed by atoms with Crippen molar-refractivity contribution < 1.29 is 19.8 Å². The van der Waals surface area contributed by atoms with Crippen LogP contribution in [0.5, 0.6) is 0 Å². The Morgan fingerprint density at radius 2 is 1.89 bits per heavy atom. The van der Waals surface area contributed by atoms with E-state index >= 15 is 0 Å². The van der Waals surface area contributed by atoms with Gasteiger partial charge in [-0.25, -0.2) is 9.59 Å². The molecule has 1 aromatic carbocycles. The monoisotopic (exact) mass is 266 g/mol. The molecule has 6 nitrogen and oxygen atoms in total. The molecule has 0 saturated heterocycles. The second-order valence-electron chi connectivity index (χ2n) is 4.27. The topological polar surface area (TPSA) is 89.9 Å². The van der Waals surface area contributed by atoms with Crippen LogP contribution in [-0.2, 0) is 4.79 Å². The molecule has 1 aromatic rings. The largest absolute Gasteiger partial charge is 0.479 e. The van der Waals surface area contributed by atoms with E-state index in [1.165, 1.54) is 4.90 Å². The number of aryl methyl sites for hydroxylation is 1. The number of benzene rings is 1. The highest BCUT2D eigenvalue weighted by molar-refractivity contribution is 5.91. The van der Waals surface area contributed by atoms with Gasteiger partial charge in [0, 0.05) is 25.7 Å². The van der Waals surface area contributed by atoms with Crippen molar-refractivity contribution >= 4 is 17.7 Å². The summed E-state index contributed by atoms with van der Waals surface area (Å²) in [6, 6.07) is 7.09. The molecule has 0 bridgehead atoms. The molecule has 0 heterocycles. The summed E-state index contributed by atoms with van der Waals surface area (Å²) in [5.74, 6) is -1.29. The minimum atomic E-state index is -1.45. The molecular formula is C13H18N2O4. The Balaban J connectivity index is 2.45. The Hall–Kier alpha value is -2.08. The fourth-order valence-corrected chi connectivity index (χ4v) is 1.44. The highest BCUT2D eigenvalue weighted by Gasteiger charge is 2.14. The highest BCUT2D eigenvalue weighted by Crippen LogP contribution is 2.13. The van der Waals surface area contributed by atoms with Crippen molar-refractivity contribution in [2.75, 3.05) is 18.5 Å². The number of urea groups is 1. The zero-order valence-corrected chi connectivity index (χ0v) is 11.0. The molecule has 6 heteroatoms. The van der Waals surface area contributed by atoms with Gasteiger partial charge >= 0.3 is 12.0 Å². The Morgan fingerprint density at radius 3 is 2.42 bits per heavy atom. The lowest BCUT2D eigenvalue weighted by molar-refractivity contribution is -0.146. The Bertz CT molecular complexity index is 444. The molecule has 104 valence electrons. The van der Waals surface area contributed by atoms with E-state index in [1.54, 1.807) is 7.05 Å². The van der Waals surface area contributed by atoms with Crippen LogP contribution in [0.4, 0.5) is 10.5 Å². The maximum Gasteiger partial charge on any atom is 0.332 e. The van der Waals surface area contributed by atoms with Gasteiger partial charge in [0.25, 0.3) is 0 Å². The van der Waals surface area contributed by atoms with Crippen molar-refractivity contribution in [3.63, 3.8) is 0 Å². The molecule has 0 aliphatic heterocycles. The molecule has 3 N–H and O–H groups in total. The van der Waals surface area contributed by atoms with Gasteiger partial charge in [0.1, 0.15) is 0 Å². The smallest absolute Gasteiger partial charge is 0.332 e. The zero-order chi connectivity index (χ0) is 14.4. The van der Waals surface area contributed by atoms with E-state index in [2.05, 4.69) is 5.32 Å². The molecule has 19 heavy (non-hydrogen) atoms. The van der Waals surface area contributed by atoms with Gasteiger partial charge in [-0.2, -0.15) is 0 Å². The van der Waals surface area contributed by atoms with Gasteiger partial charge in [-0.3, -0.25) is 4.90 Å². The van der Waals surface area contributed by atoms with Crippen LogP contribution in [0, 0.1) is 6.92 Å². The van der Waals surface area contributed by atoms with Crippen molar-refractivity contribution in [2.45, 2.75) is 19.4 Å². The summed E-state index contributed by atoms with van der Waals surface area (Å²) >= 11 is 0. The van der Waals surface area contributed by atoms with E-state index in [9.17, 15) is 9.59 Å². The zero-order valence-electron chi connectivity index (χ0n) is 11.0. The fourth-order valence-electron chi connectivity index (χ4n) is 1.44. The van der Waals surface area contributed by atoms with Crippen LogP contribution in [0.25, 0.3) is 0 Å². The standard InChI is InChI=1S/C13H18N2O4/c1-9-3-5-10(6-4-9)15(2)13(19)14-8-7-11(16)12(17)18/h3-6,11,16H,7-8H2,1-2H3,(H,14,19)(H,17,18)/t11-/m0/s1. The van der Waals surface area contributed by atoms with E-state index in [0.717, 1.165) is 11.3 Å². The number of hydrogen-bond donors (Lipinski definition) is 3. The summed E-state index contributed by atoms with van der Waals surface area (Å²) in [6.07, 6.45) is -1.48. The molecule has 0 radical (unpaired) electrons. The summed E-state index contributed by atoms with van der Waals surface area (Å²) < 4.78 is 0. The Morgan fingerprint density at radius 1 is 1.32 bits per heavy atom. The molecule has 2 amide bonds. The molecular weight excluding hydrogens is 248 g/mol. The van der Waals surface area contributed by atoms with E-state index in [-0.39, 0.29) is 19.0 Å². The van der Waals surface area contributed by atoms with Gasteiger partial charge in [-0.1, -0.05) is 17.7 Å². The normalized spacial score (nSPS) is 11.7. The van der Waals surface area contributed by atoms with E-state index in [1.807, 2.05) is 31.2 Å². The van der Waals surface area contributed by atoms with Crippen LogP contribution in [0.3, 0.4) is 0 Å². The molecule has 0 aliphatic carbocycles. The van der Waals surface area contributed by atoms with Crippen molar-refractivity contribution in [3.8, 4) is 0 Å². The predicted octanol–water partition coefficient (Wildman–Crippen LogP) is 0.976. The van der Waals surface area contributed by atoms with Crippen LogP contribution >= 0.6 is 0 Å².